The highest BCUT2D eigenvalue weighted by Crippen LogP contribution is 2.32. The minimum Gasteiger partial charge on any atom is -0.493 e. The molecule has 0 aliphatic carbocycles. The molecule has 0 amide bonds. The maximum absolute atomic E-state index is 12.6. The molecule has 3 heterocycles. The van der Waals surface area contributed by atoms with Gasteiger partial charge in [-0.15, -0.1) is 0 Å². The van der Waals surface area contributed by atoms with Crippen LogP contribution in [0.1, 0.15) is 11.5 Å². The lowest BCUT2D eigenvalue weighted by molar-refractivity contribution is 0.355. The molecule has 0 unspecified atom stereocenters. The van der Waals surface area contributed by atoms with Crippen molar-refractivity contribution < 1.29 is 18.9 Å². The Morgan fingerprint density at radius 3 is 2.38 bits per heavy atom. The average molecular weight is 396 g/mol. The van der Waals surface area contributed by atoms with Crippen molar-refractivity contribution in [1.82, 2.24) is 19.4 Å². The molecule has 9 nitrogen and oxygen atoms in total. The molecule has 1 N–H and O–H groups in total. The number of imidazole rings is 1. The first-order valence-corrected chi connectivity index (χ1v) is 8.81. The number of pyridine rings is 1. The van der Waals surface area contributed by atoms with E-state index in [1.165, 1.54) is 14.2 Å². The van der Waals surface area contributed by atoms with Gasteiger partial charge < -0.3 is 28.3 Å². The fraction of sp³-hybridized carbons (Fsp3) is 0.250. The van der Waals surface area contributed by atoms with Gasteiger partial charge in [0.1, 0.15) is 5.82 Å². The zero-order valence-electron chi connectivity index (χ0n) is 16.5. The number of aromatic nitrogens is 4. The Balaban J connectivity index is 1.77. The quantitative estimate of drug-likeness (QED) is 0.533. The highest BCUT2D eigenvalue weighted by atomic mass is 16.5. The van der Waals surface area contributed by atoms with Crippen molar-refractivity contribution in [3.8, 4) is 23.0 Å². The first kappa shape index (κ1) is 18.6. The summed E-state index contributed by atoms with van der Waals surface area (Å²) in [7, 11) is 6.20. The number of fused-ring (bicyclic) bond motifs is 2. The van der Waals surface area contributed by atoms with Gasteiger partial charge in [-0.3, -0.25) is 4.79 Å². The van der Waals surface area contributed by atoms with Crippen LogP contribution < -0.4 is 24.5 Å². The minimum absolute atomic E-state index is 0.256. The first-order chi connectivity index (χ1) is 14.1. The van der Waals surface area contributed by atoms with Crippen LogP contribution in [0.15, 0.2) is 35.4 Å². The zero-order valence-corrected chi connectivity index (χ0v) is 16.5. The van der Waals surface area contributed by atoms with Crippen LogP contribution in [-0.2, 0) is 6.42 Å². The maximum Gasteiger partial charge on any atom is 0.258 e. The Hall–Kier alpha value is -3.75. The van der Waals surface area contributed by atoms with Crippen LogP contribution in [-0.4, -0.2) is 47.8 Å². The third-order valence-electron chi connectivity index (χ3n) is 4.63. The van der Waals surface area contributed by atoms with Crippen molar-refractivity contribution in [1.29, 1.82) is 0 Å². The molecule has 4 aromatic rings. The number of benzene rings is 1. The molecule has 0 bridgehead atoms. The topological polar surface area (TPSA) is 100.0 Å². The van der Waals surface area contributed by atoms with Crippen molar-refractivity contribution in [2.45, 2.75) is 6.42 Å². The van der Waals surface area contributed by atoms with E-state index in [1.54, 1.807) is 32.4 Å². The smallest absolute Gasteiger partial charge is 0.258 e. The molecular weight excluding hydrogens is 376 g/mol. The number of nitrogens with one attached hydrogen (secondary N) is 1. The third-order valence-corrected chi connectivity index (χ3v) is 4.63. The van der Waals surface area contributed by atoms with Crippen molar-refractivity contribution in [2.75, 3.05) is 28.4 Å². The van der Waals surface area contributed by atoms with E-state index >= 15 is 0 Å². The Labute approximate surface area is 165 Å². The van der Waals surface area contributed by atoms with E-state index in [2.05, 4.69) is 15.0 Å². The minimum atomic E-state index is -0.256. The summed E-state index contributed by atoms with van der Waals surface area (Å²) in [4.78, 5) is 24.5. The predicted molar refractivity (Wildman–Crippen MR) is 107 cm³/mol. The maximum atomic E-state index is 12.6. The van der Waals surface area contributed by atoms with Crippen LogP contribution in [0.2, 0.25) is 0 Å². The monoisotopic (exact) mass is 396 g/mol. The summed E-state index contributed by atoms with van der Waals surface area (Å²) in [6, 6.07) is 5.10. The molecule has 0 radical (unpaired) electrons. The predicted octanol–water partition coefficient (Wildman–Crippen LogP) is 2.20. The van der Waals surface area contributed by atoms with Gasteiger partial charge in [0.2, 0.25) is 5.75 Å². The van der Waals surface area contributed by atoms with Gasteiger partial charge in [0, 0.05) is 30.9 Å². The Kier molecular flexibility index (Phi) is 4.71. The number of hydrogen-bond acceptors (Lipinski definition) is 7. The van der Waals surface area contributed by atoms with Gasteiger partial charge in [0.25, 0.3) is 5.56 Å². The Morgan fingerprint density at radius 2 is 1.69 bits per heavy atom. The lowest BCUT2D eigenvalue weighted by atomic mass is 10.2. The second kappa shape index (κ2) is 7.34. The van der Waals surface area contributed by atoms with E-state index in [9.17, 15) is 4.79 Å². The van der Waals surface area contributed by atoms with E-state index in [0.29, 0.717) is 51.8 Å². The fourth-order valence-corrected chi connectivity index (χ4v) is 3.27. The zero-order chi connectivity index (χ0) is 20.5. The lowest BCUT2D eigenvalue weighted by Gasteiger charge is -2.09. The normalized spacial score (nSPS) is 11.0. The van der Waals surface area contributed by atoms with Crippen LogP contribution in [0.4, 0.5) is 0 Å². The molecule has 9 heteroatoms. The van der Waals surface area contributed by atoms with E-state index in [-0.39, 0.29) is 5.56 Å². The molecule has 0 saturated carbocycles. The number of methoxy groups -OCH3 is 4. The fourth-order valence-electron chi connectivity index (χ4n) is 3.27. The molecule has 1 aromatic carbocycles. The highest BCUT2D eigenvalue weighted by molar-refractivity contribution is 5.81. The van der Waals surface area contributed by atoms with E-state index in [0.717, 1.165) is 5.69 Å². The van der Waals surface area contributed by atoms with Gasteiger partial charge in [-0.05, 0) is 6.07 Å². The van der Waals surface area contributed by atoms with Crippen LogP contribution >= 0.6 is 0 Å². The van der Waals surface area contributed by atoms with Gasteiger partial charge in [-0.25, -0.2) is 9.97 Å². The summed E-state index contributed by atoms with van der Waals surface area (Å²) < 4.78 is 23.2. The lowest BCUT2D eigenvalue weighted by Crippen LogP contribution is -2.12. The molecule has 0 aliphatic rings. The molecule has 0 spiro atoms. The van der Waals surface area contributed by atoms with Crippen molar-refractivity contribution in [3.05, 3.63) is 52.5 Å². The van der Waals surface area contributed by atoms with Crippen LogP contribution in [0, 0.1) is 0 Å². The third kappa shape index (κ3) is 3.20. The standard InChI is InChI=1S/C20H20N4O5/c1-26-14-5-6-24-10-11(21-19(24)18(14)29-4)7-17-22-13-9-16(28-3)15(27-2)8-12(13)20(25)23-17/h5-6,8-10H,7H2,1-4H3,(H,22,23,25). The second-order valence-corrected chi connectivity index (χ2v) is 6.29. The SMILES string of the molecule is COc1cc2nc(Cc3cn4ccc(OC)c(OC)c4n3)[nH]c(=O)c2cc1OC. The molecule has 150 valence electrons. The summed E-state index contributed by atoms with van der Waals surface area (Å²) in [6.45, 7) is 0. The number of hydrogen-bond donors (Lipinski definition) is 1. The van der Waals surface area contributed by atoms with Crippen molar-refractivity contribution in [3.63, 3.8) is 0 Å². The number of rotatable bonds is 6. The van der Waals surface area contributed by atoms with E-state index < -0.39 is 0 Å². The van der Waals surface area contributed by atoms with Gasteiger partial charge in [-0.1, -0.05) is 0 Å². The average Bonchev–Trinajstić information content (AvgIpc) is 3.14. The molecule has 29 heavy (non-hydrogen) atoms. The van der Waals surface area contributed by atoms with E-state index in [1.807, 2.05) is 16.8 Å². The molecule has 0 saturated heterocycles. The molecule has 3 aromatic heterocycles. The molecular formula is C20H20N4O5. The Morgan fingerprint density at radius 1 is 0.966 bits per heavy atom. The summed E-state index contributed by atoms with van der Waals surface area (Å²) in [5, 5.41) is 0.424. The van der Waals surface area contributed by atoms with E-state index in [4.69, 9.17) is 18.9 Å². The summed E-state index contributed by atoms with van der Waals surface area (Å²) in [6.07, 6.45) is 4.03. The van der Waals surface area contributed by atoms with Crippen molar-refractivity contribution in [2.24, 2.45) is 0 Å². The molecule has 4 rings (SSSR count). The molecule has 0 aliphatic heterocycles. The largest absolute Gasteiger partial charge is 0.493 e. The van der Waals surface area contributed by atoms with Crippen LogP contribution in [0.5, 0.6) is 23.0 Å². The highest BCUT2D eigenvalue weighted by Gasteiger charge is 2.15. The molecule has 0 atom stereocenters. The van der Waals surface area contributed by atoms with Gasteiger partial charge >= 0.3 is 0 Å². The van der Waals surface area contributed by atoms with Gasteiger partial charge in [0.15, 0.2) is 22.9 Å². The van der Waals surface area contributed by atoms with Gasteiger partial charge in [-0.2, -0.15) is 0 Å². The summed E-state index contributed by atoms with van der Waals surface area (Å²) in [5.74, 6) is 2.60. The number of H-pyrrole nitrogens is 1. The first-order valence-electron chi connectivity index (χ1n) is 8.81. The number of nitrogens with zero attached hydrogens (tertiary/aromatic N) is 3. The van der Waals surface area contributed by atoms with Crippen LogP contribution in [0.25, 0.3) is 16.6 Å². The number of ether oxygens (including phenoxy) is 4. The molecule has 0 fully saturated rings. The summed E-state index contributed by atoms with van der Waals surface area (Å²) >= 11 is 0. The summed E-state index contributed by atoms with van der Waals surface area (Å²) in [5.41, 5.74) is 1.61. The van der Waals surface area contributed by atoms with Gasteiger partial charge in [0.05, 0.1) is 45.0 Å². The second-order valence-electron chi connectivity index (χ2n) is 6.29. The Bertz CT molecular complexity index is 1260. The van der Waals surface area contributed by atoms with Crippen molar-refractivity contribution >= 4 is 16.6 Å². The van der Waals surface area contributed by atoms with Crippen LogP contribution in [0.3, 0.4) is 0 Å². The number of aromatic amines is 1.